The Morgan fingerprint density at radius 1 is 1.41 bits per heavy atom. The Hall–Kier alpha value is -1.60. The number of hydrogen-bond acceptors (Lipinski definition) is 3. The molecule has 0 saturated heterocycles. The van der Waals surface area contributed by atoms with Gasteiger partial charge in [-0.2, -0.15) is 0 Å². The van der Waals surface area contributed by atoms with E-state index < -0.39 is 0 Å². The van der Waals surface area contributed by atoms with Crippen molar-refractivity contribution < 1.29 is 9.53 Å². The number of benzene rings is 1. The lowest BCUT2D eigenvalue weighted by Crippen LogP contribution is -2.03. The predicted molar refractivity (Wildman–Crippen MR) is 66.0 cm³/mol. The maximum absolute atomic E-state index is 10.2. The van der Waals surface area contributed by atoms with E-state index in [1.165, 1.54) is 12.8 Å². The zero-order valence-corrected chi connectivity index (χ0v) is 10.3. The van der Waals surface area contributed by atoms with Crippen molar-refractivity contribution in [1.29, 1.82) is 0 Å². The summed E-state index contributed by atoms with van der Waals surface area (Å²) in [4.78, 5) is 13.8. The smallest absolute Gasteiger partial charge is 0.235 e. The number of aliphatic imine (C=N–C) groups is 1. The maximum atomic E-state index is 10.2. The number of nitrogens with zero attached hydrogens (tertiary/aromatic N) is 1. The van der Waals surface area contributed by atoms with Gasteiger partial charge in [0.05, 0.1) is 13.2 Å². The molecule has 0 N–H and O–H groups in total. The van der Waals surface area contributed by atoms with Crippen molar-refractivity contribution in [3.8, 4) is 5.75 Å². The van der Waals surface area contributed by atoms with Crippen molar-refractivity contribution in [3.63, 3.8) is 0 Å². The van der Waals surface area contributed by atoms with E-state index in [0.717, 1.165) is 35.0 Å². The summed E-state index contributed by atoms with van der Waals surface area (Å²) in [5.74, 6) is 1.61. The topological polar surface area (TPSA) is 38.7 Å². The van der Waals surface area contributed by atoms with E-state index in [1.807, 2.05) is 19.9 Å². The monoisotopic (exact) mass is 231 g/mol. The Morgan fingerprint density at radius 2 is 2.18 bits per heavy atom. The number of carbonyl (C=O) groups excluding carboxylic acids is 1. The molecule has 3 nitrogen and oxygen atoms in total. The molecular weight excluding hydrogens is 214 g/mol. The number of isocyanates is 1. The minimum Gasteiger partial charge on any atom is -0.493 e. The molecule has 1 fully saturated rings. The van der Waals surface area contributed by atoms with E-state index in [0.29, 0.717) is 6.54 Å². The quantitative estimate of drug-likeness (QED) is 0.577. The number of ether oxygens (including phenoxy) is 1. The minimum absolute atomic E-state index is 0.353. The van der Waals surface area contributed by atoms with Gasteiger partial charge in [0.15, 0.2) is 0 Å². The minimum atomic E-state index is 0.353. The highest BCUT2D eigenvalue weighted by atomic mass is 16.5. The first-order chi connectivity index (χ1) is 8.20. The largest absolute Gasteiger partial charge is 0.493 e. The zero-order valence-electron chi connectivity index (χ0n) is 10.3. The third-order valence-electron chi connectivity index (χ3n) is 2.97. The SMILES string of the molecule is Cc1cc(C)c(OCC2CC2)c(CN=C=O)c1. The van der Waals surface area contributed by atoms with Gasteiger partial charge in [-0.3, -0.25) is 0 Å². The van der Waals surface area contributed by atoms with Crippen LogP contribution in [0, 0.1) is 19.8 Å². The van der Waals surface area contributed by atoms with Crippen LogP contribution in [0.1, 0.15) is 29.5 Å². The first-order valence-corrected chi connectivity index (χ1v) is 5.97. The van der Waals surface area contributed by atoms with Crippen LogP contribution >= 0.6 is 0 Å². The Morgan fingerprint density at radius 3 is 2.82 bits per heavy atom. The molecule has 17 heavy (non-hydrogen) atoms. The van der Waals surface area contributed by atoms with Gasteiger partial charge in [-0.15, -0.1) is 0 Å². The maximum Gasteiger partial charge on any atom is 0.235 e. The second kappa shape index (κ2) is 5.15. The normalized spacial score (nSPS) is 14.2. The predicted octanol–water partition coefficient (Wildman–Crippen LogP) is 2.93. The lowest BCUT2D eigenvalue weighted by molar-refractivity contribution is 0.295. The molecule has 1 aliphatic carbocycles. The summed E-state index contributed by atoms with van der Waals surface area (Å²) in [6.45, 7) is 5.20. The first kappa shape index (κ1) is 11.9. The lowest BCUT2D eigenvalue weighted by Gasteiger charge is -2.13. The second-order valence-corrected chi connectivity index (χ2v) is 4.73. The second-order valence-electron chi connectivity index (χ2n) is 4.73. The van der Waals surface area contributed by atoms with Crippen LogP contribution in [0.4, 0.5) is 0 Å². The molecule has 0 amide bonds. The molecular formula is C14H17NO2. The fourth-order valence-corrected chi connectivity index (χ4v) is 1.97. The third kappa shape index (κ3) is 3.18. The van der Waals surface area contributed by atoms with Gasteiger partial charge in [-0.25, -0.2) is 9.79 Å². The molecule has 0 unspecified atom stereocenters. The van der Waals surface area contributed by atoms with Crippen molar-refractivity contribution in [1.82, 2.24) is 0 Å². The van der Waals surface area contributed by atoms with Gasteiger partial charge in [0.1, 0.15) is 5.75 Å². The van der Waals surface area contributed by atoms with Crippen LogP contribution in [0.5, 0.6) is 5.75 Å². The molecule has 0 aliphatic heterocycles. The molecule has 0 radical (unpaired) electrons. The van der Waals surface area contributed by atoms with Crippen LogP contribution < -0.4 is 4.74 Å². The van der Waals surface area contributed by atoms with Crippen LogP contribution in [-0.2, 0) is 11.3 Å². The van der Waals surface area contributed by atoms with Gasteiger partial charge in [0, 0.05) is 5.56 Å². The van der Waals surface area contributed by atoms with Crippen LogP contribution in [-0.4, -0.2) is 12.7 Å². The highest BCUT2D eigenvalue weighted by Crippen LogP contribution is 2.32. The summed E-state index contributed by atoms with van der Waals surface area (Å²) in [6, 6.07) is 4.12. The molecule has 0 atom stereocenters. The molecule has 2 rings (SSSR count). The Bertz CT molecular complexity index is 458. The van der Waals surface area contributed by atoms with E-state index in [9.17, 15) is 4.79 Å². The summed E-state index contributed by atoms with van der Waals surface area (Å²) in [5, 5.41) is 0. The summed E-state index contributed by atoms with van der Waals surface area (Å²) in [5.41, 5.74) is 3.26. The summed E-state index contributed by atoms with van der Waals surface area (Å²) >= 11 is 0. The van der Waals surface area contributed by atoms with Crippen molar-refractivity contribution >= 4 is 6.08 Å². The Balaban J connectivity index is 2.21. The van der Waals surface area contributed by atoms with Gasteiger partial charge in [0.25, 0.3) is 0 Å². The summed E-state index contributed by atoms with van der Waals surface area (Å²) in [6.07, 6.45) is 4.12. The summed E-state index contributed by atoms with van der Waals surface area (Å²) < 4.78 is 5.85. The molecule has 0 heterocycles. The van der Waals surface area contributed by atoms with E-state index in [1.54, 1.807) is 6.08 Å². The van der Waals surface area contributed by atoms with Crippen LogP contribution in [0.2, 0.25) is 0 Å². The molecule has 0 aromatic heterocycles. The number of rotatable bonds is 5. The van der Waals surface area contributed by atoms with E-state index in [2.05, 4.69) is 11.1 Å². The number of aryl methyl sites for hydroxylation is 2. The summed E-state index contributed by atoms with van der Waals surface area (Å²) in [7, 11) is 0. The zero-order chi connectivity index (χ0) is 12.3. The van der Waals surface area contributed by atoms with Crippen molar-refractivity contribution in [2.75, 3.05) is 6.61 Å². The highest BCUT2D eigenvalue weighted by molar-refractivity contribution is 5.45. The molecule has 1 aromatic carbocycles. The average Bonchev–Trinajstić information content (AvgIpc) is 3.08. The van der Waals surface area contributed by atoms with Crippen molar-refractivity contribution in [2.24, 2.45) is 10.9 Å². The van der Waals surface area contributed by atoms with Gasteiger partial charge < -0.3 is 4.74 Å². The van der Waals surface area contributed by atoms with Gasteiger partial charge in [-0.1, -0.05) is 17.7 Å². The Kier molecular flexibility index (Phi) is 3.60. The third-order valence-corrected chi connectivity index (χ3v) is 2.97. The fraction of sp³-hybridized carbons (Fsp3) is 0.500. The standard InChI is InChI=1S/C14H17NO2/c1-10-5-11(2)14(17-8-12-3-4-12)13(6-10)7-15-9-16/h5-6,12H,3-4,7-8H2,1-2H3. The van der Waals surface area contributed by atoms with E-state index >= 15 is 0 Å². The van der Waals surface area contributed by atoms with Gasteiger partial charge in [-0.05, 0) is 38.2 Å². The van der Waals surface area contributed by atoms with Crippen LogP contribution in [0.15, 0.2) is 17.1 Å². The lowest BCUT2D eigenvalue weighted by atomic mass is 10.1. The van der Waals surface area contributed by atoms with Crippen molar-refractivity contribution in [3.05, 3.63) is 28.8 Å². The fourth-order valence-electron chi connectivity index (χ4n) is 1.97. The number of hydrogen-bond donors (Lipinski definition) is 0. The first-order valence-electron chi connectivity index (χ1n) is 5.97. The highest BCUT2D eigenvalue weighted by Gasteiger charge is 2.22. The average molecular weight is 231 g/mol. The van der Waals surface area contributed by atoms with Gasteiger partial charge in [0.2, 0.25) is 6.08 Å². The van der Waals surface area contributed by atoms with Gasteiger partial charge >= 0.3 is 0 Å². The molecule has 90 valence electrons. The molecule has 3 heteroatoms. The molecule has 0 spiro atoms. The van der Waals surface area contributed by atoms with Crippen LogP contribution in [0.25, 0.3) is 0 Å². The van der Waals surface area contributed by atoms with Crippen LogP contribution in [0.3, 0.4) is 0 Å². The van der Waals surface area contributed by atoms with Crippen molar-refractivity contribution in [2.45, 2.75) is 33.2 Å². The van der Waals surface area contributed by atoms with E-state index in [4.69, 9.17) is 4.74 Å². The molecule has 1 aromatic rings. The van der Waals surface area contributed by atoms with E-state index in [-0.39, 0.29) is 0 Å². The Labute approximate surface area is 102 Å². The molecule has 1 saturated carbocycles. The molecule has 1 aliphatic rings. The molecule has 0 bridgehead atoms.